The first-order valence-electron chi connectivity index (χ1n) is 7.01. The third-order valence-corrected chi connectivity index (χ3v) is 3.01. The van der Waals surface area contributed by atoms with Gasteiger partial charge in [-0.2, -0.15) is 5.10 Å². The van der Waals surface area contributed by atoms with Gasteiger partial charge in [0.05, 0.1) is 11.4 Å². The van der Waals surface area contributed by atoms with Gasteiger partial charge in [0.15, 0.2) is 6.29 Å². The summed E-state index contributed by atoms with van der Waals surface area (Å²) in [6.07, 6.45) is -0.378. The molecular formula is C16H22N2O2. The maximum absolute atomic E-state index is 5.57. The van der Waals surface area contributed by atoms with Crippen LogP contribution in [0, 0.1) is 13.8 Å². The highest BCUT2D eigenvalue weighted by Crippen LogP contribution is 2.24. The Balaban J connectivity index is 2.27. The summed E-state index contributed by atoms with van der Waals surface area (Å²) >= 11 is 0. The number of H-pyrrole nitrogens is 1. The van der Waals surface area contributed by atoms with E-state index in [1.54, 1.807) is 0 Å². The molecule has 0 amide bonds. The minimum Gasteiger partial charge on any atom is -0.347 e. The zero-order chi connectivity index (χ0) is 14.5. The third kappa shape index (κ3) is 3.46. The summed E-state index contributed by atoms with van der Waals surface area (Å²) < 4.78 is 11.1. The predicted octanol–water partition coefficient (Wildman–Crippen LogP) is 3.77. The Bertz CT molecular complexity index is 537. The fourth-order valence-electron chi connectivity index (χ4n) is 2.26. The monoisotopic (exact) mass is 274 g/mol. The fourth-order valence-corrected chi connectivity index (χ4v) is 2.26. The average Bonchev–Trinajstić information content (AvgIpc) is 2.87. The normalized spacial score (nSPS) is 11.2. The largest absolute Gasteiger partial charge is 0.347 e. The molecule has 1 aromatic heterocycles. The highest BCUT2D eigenvalue weighted by Gasteiger charge is 2.15. The quantitative estimate of drug-likeness (QED) is 0.816. The summed E-state index contributed by atoms with van der Waals surface area (Å²) in [5.74, 6) is 0. The van der Waals surface area contributed by atoms with Crippen LogP contribution >= 0.6 is 0 Å². The number of aryl methyl sites for hydroxylation is 2. The number of hydrogen-bond donors (Lipinski definition) is 1. The lowest BCUT2D eigenvalue weighted by Gasteiger charge is -2.14. The Morgan fingerprint density at radius 2 is 1.60 bits per heavy atom. The van der Waals surface area contributed by atoms with Crippen LogP contribution in [0.3, 0.4) is 0 Å². The average molecular weight is 274 g/mol. The molecular weight excluding hydrogens is 252 g/mol. The van der Waals surface area contributed by atoms with Crippen molar-refractivity contribution in [3.63, 3.8) is 0 Å². The van der Waals surface area contributed by atoms with Gasteiger partial charge in [-0.3, -0.25) is 5.10 Å². The minimum atomic E-state index is -0.378. The number of ether oxygens (including phenoxy) is 2. The molecule has 20 heavy (non-hydrogen) atoms. The van der Waals surface area contributed by atoms with Crippen LogP contribution in [0.5, 0.6) is 0 Å². The van der Waals surface area contributed by atoms with Crippen LogP contribution in [0.4, 0.5) is 0 Å². The highest BCUT2D eigenvalue weighted by atomic mass is 16.7. The molecule has 0 aliphatic heterocycles. The molecule has 1 aromatic carbocycles. The van der Waals surface area contributed by atoms with Gasteiger partial charge in [-0.1, -0.05) is 17.2 Å². The Morgan fingerprint density at radius 3 is 2.15 bits per heavy atom. The number of benzene rings is 1. The van der Waals surface area contributed by atoms with Gasteiger partial charge >= 0.3 is 0 Å². The van der Waals surface area contributed by atoms with Gasteiger partial charge in [-0.05, 0) is 45.9 Å². The summed E-state index contributed by atoms with van der Waals surface area (Å²) in [5.41, 5.74) is 5.34. The van der Waals surface area contributed by atoms with Crippen LogP contribution < -0.4 is 0 Å². The summed E-state index contributed by atoms with van der Waals surface area (Å²) in [7, 11) is 0. The third-order valence-electron chi connectivity index (χ3n) is 3.01. The minimum absolute atomic E-state index is 0.378. The maximum atomic E-state index is 5.57. The maximum Gasteiger partial charge on any atom is 0.200 e. The number of hydrogen-bond acceptors (Lipinski definition) is 3. The van der Waals surface area contributed by atoms with E-state index in [1.165, 1.54) is 11.1 Å². The zero-order valence-corrected chi connectivity index (χ0v) is 12.6. The second-order valence-corrected chi connectivity index (χ2v) is 4.83. The van der Waals surface area contributed by atoms with E-state index in [1.807, 2.05) is 19.9 Å². The molecule has 0 aliphatic carbocycles. The van der Waals surface area contributed by atoms with E-state index in [0.717, 1.165) is 17.0 Å². The second-order valence-electron chi connectivity index (χ2n) is 4.83. The molecule has 4 heteroatoms. The van der Waals surface area contributed by atoms with E-state index >= 15 is 0 Å². The lowest BCUT2D eigenvalue weighted by atomic mass is 10.1. The van der Waals surface area contributed by atoms with Crippen LogP contribution in [0.1, 0.15) is 37.0 Å². The van der Waals surface area contributed by atoms with Crippen molar-refractivity contribution in [2.45, 2.75) is 34.0 Å². The molecule has 1 N–H and O–H groups in total. The molecule has 0 bridgehead atoms. The summed E-state index contributed by atoms with van der Waals surface area (Å²) in [5, 5.41) is 7.38. The van der Waals surface area contributed by atoms with Crippen molar-refractivity contribution in [2.75, 3.05) is 13.2 Å². The number of rotatable bonds is 6. The van der Waals surface area contributed by atoms with Crippen molar-refractivity contribution < 1.29 is 9.47 Å². The molecule has 2 aromatic rings. The summed E-state index contributed by atoms with van der Waals surface area (Å²) in [6.45, 7) is 9.28. The van der Waals surface area contributed by atoms with Crippen LogP contribution in [0.25, 0.3) is 11.3 Å². The number of aromatic nitrogens is 2. The van der Waals surface area contributed by atoms with E-state index in [9.17, 15) is 0 Å². The molecule has 0 fully saturated rings. The Labute approximate surface area is 120 Å². The van der Waals surface area contributed by atoms with E-state index in [2.05, 4.69) is 42.2 Å². The molecule has 0 saturated heterocycles. The van der Waals surface area contributed by atoms with Gasteiger partial charge in [-0.15, -0.1) is 0 Å². The summed E-state index contributed by atoms with van der Waals surface area (Å²) in [6, 6.07) is 8.40. The lowest BCUT2D eigenvalue weighted by Crippen LogP contribution is -2.09. The first-order chi connectivity index (χ1) is 9.63. The van der Waals surface area contributed by atoms with E-state index in [0.29, 0.717) is 13.2 Å². The topological polar surface area (TPSA) is 47.1 Å². The number of nitrogens with zero attached hydrogens (tertiary/aromatic N) is 1. The van der Waals surface area contributed by atoms with Crippen LogP contribution in [-0.2, 0) is 9.47 Å². The molecule has 0 saturated carbocycles. The predicted molar refractivity (Wildman–Crippen MR) is 79.5 cm³/mol. The molecule has 2 rings (SSSR count). The first-order valence-corrected chi connectivity index (χ1v) is 7.01. The highest BCUT2D eigenvalue weighted by molar-refractivity contribution is 5.61. The van der Waals surface area contributed by atoms with Crippen LogP contribution in [0.2, 0.25) is 0 Å². The van der Waals surface area contributed by atoms with Crippen molar-refractivity contribution in [2.24, 2.45) is 0 Å². The molecule has 0 spiro atoms. The van der Waals surface area contributed by atoms with Gasteiger partial charge in [0.25, 0.3) is 0 Å². The lowest BCUT2D eigenvalue weighted by molar-refractivity contribution is -0.142. The van der Waals surface area contributed by atoms with Gasteiger partial charge < -0.3 is 9.47 Å². The molecule has 0 unspecified atom stereocenters. The molecule has 0 atom stereocenters. The zero-order valence-electron chi connectivity index (χ0n) is 12.6. The Morgan fingerprint density at radius 1 is 1.00 bits per heavy atom. The summed E-state index contributed by atoms with van der Waals surface area (Å²) in [4.78, 5) is 0. The number of aromatic amines is 1. The van der Waals surface area contributed by atoms with Crippen molar-refractivity contribution in [3.05, 3.63) is 41.1 Å². The molecule has 108 valence electrons. The fraction of sp³-hybridized carbons (Fsp3) is 0.438. The van der Waals surface area contributed by atoms with Gasteiger partial charge in [-0.25, -0.2) is 0 Å². The van der Waals surface area contributed by atoms with E-state index < -0.39 is 0 Å². The van der Waals surface area contributed by atoms with Gasteiger partial charge in [0, 0.05) is 18.8 Å². The van der Waals surface area contributed by atoms with E-state index in [-0.39, 0.29) is 6.29 Å². The first kappa shape index (κ1) is 14.8. The van der Waals surface area contributed by atoms with Crippen LogP contribution in [-0.4, -0.2) is 23.4 Å². The van der Waals surface area contributed by atoms with Gasteiger partial charge in [0.1, 0.15) is 0 Å². The molecule has 1 heterocycles. The molecule has 0 radical (unpaired) electrons. The smallest absolute Gasteiger partial charge is 0.200 e. The Hall–Kier alpha value is -1.65. The standard InChI is InChI=1S/C16H22N2O2/c1-5-19-16(20-6-2)15-10-14(17-18-15)13-8-11(3)7-12(4)9-13/h7-10,16H,5-6H2,1-4H3,(H,17,18). The van der Waals surface area contributed by atoms with Crippen molar-refractivity contribution >= 4 is 0 Å². The molecule has 4 nitrogen and oxygen atoms in total. The van der Waals surface area contributed by atoms with Crippen molar-refractivity contribution in [1.29, 1.82) is 0 Å². The van der Waals surface area contributed by atoms with Crippen LogP contribution in [0.15, 0.2) is 24.3 Å². The second kappa shape index (κ2) is 6.68. The van der Waals surface area contributed by atoms with Crippen molar-refractivity contribution in [3.8, 4) is 11.3 Å². The van der Waals surface area contributed by atoms with E-state index in [4.69, 9.17) is 9.47 Å². The Kier molecular flexibility index (Phi) is 4.93. The number of nitrogens with one attached hydrogen (secondary N) is 1. The van der Waals surface area contributed by atoms with Gasteiger partial charge in [0.2, 0.25) is 0 Å². The SMILES string of the molecule is CCOC(OCC)c1cc(-c2cc(C)cc(C)c2)n[nH]1. The molecule has 0 aliphatic rings. The van der Waals surface area contributed by atoms with Crippen molar-refractivity contribution in [1.82, 2.24) is 10.2 Å².